The van der Waals surface area contributed by atoms with Gasteiger partial charge in [0.2, 0.25) is 0 Å². The van der Waals surface area contributed by atoms with Gasteiger partial charge in [0.1, 0.15) is 0 Å². The number of carbonyl (C=O) groups is 1. The number of rotatable bonds is 5. The number of ketones is 1. The first kappa shape index (κ1) is 15.2. The van der Waals surface area contributed by atoms with Crippen molar-refractivity contribution in [3.8, 4) is 0 Å². The van der Waals surface area contributed by atoms with Crippen LogP contribution in [-0.2, 0) is 0 Å². The van der Waals surface area contributed by atoms with Gasteiger partial charge in [-0.25, -0.2) is 0 Å². The van der Waals surface area contributed by atoms with Gasteiger partial charge in [0, 0.05) is 36.6 Å². The van der Waals surface area contributed by atoms with Crippen LogP contribution in [0.5, 0.6) is 0 Å². The van der Waals surface area contributed by atoms with Crippen molar-refractivity contribution in [2.75, 3.05) is 45.9 Å². The first-order valence-corrected chi connectivity index (χ1v) is 7.35. The fraction of sp³-hybridized carbons (Fsp3) is 0.667. The number of Topliss-reactive ketones (excluding diaryl/α,β-unsaturated/α-hetero) is 1. The lowest BCUT2D eigenvalue weighted by Gasteiger charge is -2.20. The number of H-pyrrole nitrogens is 1. The summed E-state index contributed by atoms with van der Waals surface area (Å²) in [5.74, 6) is 0.197. The van der Waals surface area contributed by atoms with Gasteiger partial charge < -0.3 is 10.1 Å². The smallest absolute Gasteiger partial charge is 0.178 e. The fourth-order valence-corrected chi connectivity index (χ4v) is 2.85. The van der Waals surface area contributed by atoms with Gasteiger partial charge in [0.15, 0.2) is 5.78 Å². The summed E-state index contributed by atoms with van der Waals surface area (Å²) in [6.07, 6.45) is 1.05. The van der Waals surface area contributed by atoms with E-state index in [0.717, 1.165) is 56.1 Å². The van der Waals surface area contributed by atoms with Crippen LogP contribution in [0, 0.1) is 13.8 Å². The largest absolute Gasteiger partial charge is 0.395 e. The SMILES string of the molecule is Cc1cc(C(=O)CN2CCCN(CCO)CC2)c(C)[nH]1. The lowest BCUT2D eigenvalue weighted by atomic mass is 10.1. The average molecular weight is 279 g/mol. The highest BCUT2D eigenvalue weighted by molar-refractivity contribution is 5.98. The Morgan fingerprint density at radius 1 is 1.25 bits per heavy atom. The van der Waals surface area contributed by atoms with Crippen LogP contribution in [0.3, 0.4) is 0 Å². The number of β-amino-alcohol motifs (C(OH)–C–C–N with tert-alkyl or cyclic N) is 1. The third kappa shape index (κ3) is 3.91. The van der Waals surface area contributed by atoms with Crippen molar-refractivity contribution in [1.29, 1.82) is 0 Å². The fourth-order valence-electron chi connectivity index (χ4n) is 2.85. The minimum absolute atomic E-state index is 0.197. The molecule has 0 aromatic carbocycles. The highest BCUT2D eigenvalue weighted by Gasteiger charge is 2.19. The van der Waals surface area contributed by atoms with Crippen LogP contribution in [0.4, 0.5) is 0 Å². The highest BCUT2D eigenvalue weighted by atomic mass is 16.3. The first-order chi connectivity index (χ1) is 9.60. The van der Waals surface area contributed by atoms with Crippen LogP contribution in [-0.4, -0.2) is 71.5 Å². The summed E-state index contributed by atoms with van der Waals surface area (Å²) >= 11 is 0. The van der Waals surface area contributed by atoms with Crippen molar-refractivity contribution in [2.24, 2.45) is 0 Å². The van der Waals surface area contributed by atoms with Crippen LogP contribution in [0.15, 0.2) is 6.07 Å². The van der Waals surface area contributed by atoms with Crippen LogP contribution < -0.4 is 0 Å². The molecule has 1 saturated heterocycles. The Labute approximate surface area is 120 Å². The van der Waals surface area contributed by atoms with Crippen LogP contribution in [0.1, 0.15) is 28.2 Å². The Hall–Kier alpha value is -1.17. The molecule has 0 saturated carbocycles. The number of aliphatic hydroxyl groups excluding tert-OH is 1. The maximum atomic E-state index is 12.4. The topological polar surface area (TPSA) is 59.6 Å². The lowest BCUT2D eigenvalue weighted by molar-refractivity contribution is 0.0931. The number of hydrogen-bond acceptors (Lipinski definition) is 4. The monoisotopic (exact) mass is 279 g/mol. The van der Waals surface area contributed by atoms with Gasteiger partial charge in [-0.15, -0.1) is 0 Å². The number of carbonyl (C=O) groups excluding carboxylic acids is 1. The van der Waals surface area contributed by atoms with E-state index in [-0.39, 0.29) is 12.4 Å². The Balaban J connectivity index is 1.90. The molecule has 112 valence electrons. The molecular weight excluding hydrogens is 254 g/mol. The molecular formula is C15H25N3O2. The molecule has 2 rings (SSSR count). The van der Waals surface area contributed by atoms with Crippen molar-refractivity contribution in [3.63, 3.8) is 0 Å². The zero-order valence-electron chi connectivity index (χ0n) is 12.5. The summed E-state index contributed by atoms with van der Waals surface area (Å²) in [5.41, 5.74) is 2.82. The summed E-state index contributed by atoms with van der Waals surface area (Å²) in [7, 11) is 0. The molecule has 0 amide bonds. The van der Waals surface area contributed by atoms with Crippen LogP contribution in [0.2, 0.25) is 0 Å². The minimum atomic E-state index is 0.197. The van der Waals surface area contributed by atoms with Crippen molar-refractivity contribution >= 4 is 5.78 Å². The second-order valence-corrected chi connectivity index (χ2v) is 5.61. The molecule has 1 aromatic rings. The van der Waals surface area contributed by atoms with E-state index in [9.17, 15) is 4.79 Å². The van der Waals surface area contributed by atoms with Gasteiger partial charge in [-0.2, -0.15) is 0 Å². The number of aryl methyl sites for hydroxylation is 2. The molecule has 1 aromatic heterocycles. The summed E-state index contributed by atoms with van der Waals surface area (Å²) < 4.78 is 0. The number of aromatic amines is 1. The molecule has 2 N–H and O–H groups in total. The molecule has 0 aliphatic carbocycles. The molecule has 0 bridgehead atoms. The second-order valence-electron chi connectivity index (χ2n) is 5.61. The predicted molar refractivity (Wildman–Crippen MR) is 79.2 cm³/mol. The molecule has 0 radical (unpaired) electrons. The number of nitrogens with zero attached hydrogens (tertiary/aromatic N) is 2. The van der Waals surface area contributed by atoms with E-state index in [1.165, 1.54) is 0 Å². The summed E-state index contributed by atoms with van der Waals surface area (Å²) in [6.45, 7) is 9.15. The summed E-state index contributed by atoms with van der Waals surface area (Å²) in [5, 5.41) is 8.99. The quantitative estimate of drug-likeness (QED) is 0.783. The molecule has 2 heterocycles. The van der Waals surface area contributed by atoms with Gasteiger partial charge >= 0.3 is 0 Å². The number of aromatic nitrogens is 1. The normalized spacial score (nSPS) is 18.1. The second kappa shape index (κ2) is 7.02. The minimum Gasteiger partial charge on any atom is -0.395 e. The third-order valence-corrected chi connectivity index (χ3v) is 3.91. The zero-order valence-corrected chi connectivity index (χ0v) is 12.5. The third-order valence-electron chi connectivity index (χ3n) is 3.91. The predicted octanol–water partition coefficient (Wildman–Crippen LogP) is 0.814. The molecule has 1 aliphatic rings. The first-order valence-electron chi connectivity index (χ1n) is 7.35. The standard InChI is InChI=1S/C15H25N3O2/c1-12-10-14(13(2)16-12)15(20)11-18-5-3-4-17(6-7-18)8-9-19/h10,16,19H,3-9,11H2,1-2H3. The van der Waals surface area contributed by atoms with E-state index in [1.54, 1.807) is 0 Å². The lowest BCUT2D eigenvalue weighted by Crippen LogP contribution is -2.35. The van der Waals surface area contributed by atoms with Gasteiger partial charge in [0.05, 0.1) is 13.2 Å². The maximum absolute atomic E-state index is 12.4. The van der Waals surface area contributed by atoms with Crippen molar-refractivity contribution in [2.45, 2.75) is 20.3 Å². The van der Waals surface area contributed by atoms with Gasteiger partial charge in [-0.05, 0) is 39.4 Å². The molecule has 1 aliphatic heterocycles. The summed E-state index contributed by atoms with van der Waals surface area (Å²) in [4.78, 5) is 20.0. The molecule has 0 unspecified atom stereocenters. The van der Waals surface area contributed by atoms with E-state index in [4.69, 9.17) is 5.11 Å². The van der Waals surface area contributed by atoms with Crippen LogP contribution in [0.25, 0.3) is 0 Å². The highest BCUT2D eigenvalue weighted by Crippen LogP contribution is 2.12. The van der Waals surface area contributed by atoms with E-state index in [0.29, 0.717) is 6.54 Å². The zero-order chi connectivity index (χ0) is 14.5. The summed E-state index contributed by atoms with van der Waals surface area (Å²) in [6, 6.07) is 1.94. The Kier molecular flexibility index (Phi) is 5.34. The molecule has 0 atom stereocenters. The molecule has 5 nitrogen and oxygen atoms in total. The van der Waals surface area contributed by atoms with Gasteiger partial charge in [-0.3, -0.25) is 14.6 Å². The Morgan fingerprint density at radius 2 is 1.95 bits per heavy atom. The molecule has 1 fully saturated rings. The number of hydrogen-bond donors (Lipinski definition) is 2. The van der Waals surface area contributed by atoms with Gasteiger partial charge in [-0.1, -0.05) is 0 Å². The Bertz CT molecular complexity index is 456. The van der Waals surface area contributed by atoms with Gasteiger partial charge in [0.25, 0.3) is 0 Å². The average Bonchev–Trinajstić information content (AvgIpc) is 2.60. The van der Waals surface area contributed by atoms with Crippen molar-refractivity contribution in [3.05, 3.63) is 23.0 Å². The van der Waals surface area contributed by atoms with Crippen molar-refractivity contribution in [1.82, 2.24) is 14.8 Å². The van der Waals surface area contributed by atoms with E-state index in [1.807, 2.05) is 19.9 Å². The van der Waals surface area contributed by atoms with Crippen molar-refractivity contribution < 1.29 is 9.90 Å². The molecule has 5 heteroatoms. The van der Waals surface area contributed by atoms with Crippen LogP contribution >= 0.6 is 0 Å². The number of nitrogens with one attached hydrogen (secondary N) is 1. The molecule has 20 heavy (non-hydrogen) atoms. The number of aliphatic hydroxyl groups is 1. The Morgan fingerprint density at radius 3 is 2.60 bits per heavy atom. The van der Waals surface area contributed by atoms with E-state index in [2.05, 4.69) is 14.8 Å². The maximum Gasteiger partial charge on any atom is 0.178 e. The van der Waals surface area contributed by atoms with E-state index < -0.39 is 0 Å². The molecule has 0 spiro atoms. The van der Waals surface area contributed by atoms with E-state index >= 15 is 0 Å².